The SMILES string of the molecule is c1ccc([C@@H]2COc3ccccc3O2)cc1. The van der Waals surface area contributed by atoms with E-state index < -0.39 is 0 Å². The van der Waals surface area contributed by atoms with Crippen LogP contribution in [-0.4, -0.2) is 6.61 Å². The highest BCUT2D eigenvalue weighted by atomic mass is 16.6. The van der Waals surface area contributed by atoms with Gasteiger partial charge in [-0.2, -0.15) is 0 Å². The van der Waals surface area contributed by atoms with Crippen molar-refractivity contribution in [2.24, 2.45) is 0 Å². The van der Waals surface area contributed by atoms with Crippen molar-refractivity contribution in [2.45, 2.75) is 6.10 Å². The molecule has 80 valence electrons. The van der Waals surface area contributed by atoms with Gasteiger partial charge in [0.1, 0.15) is 6.61 Å². The standard InChI is InChI=1S/C14H12O2/c1-2-6-11(7-3-1)14-10-15-12-8-4-5-9-13(12)16-14/h1-9,14H,10H2/t14-/m0/s1. The van der Waals surface area contributed by atoms with Crippen LogP contribution in [0.15, 0.2) is 54.6 Å². The zero-order valence-corrected chi connectivity index (χ0v) is 8.80. The largest absolute Gasteiger partial charge is 0.485 e. The van der Waals surface area contributed by atoms with Crippen LogP contribution in [0.3, 0.4) is 0 Å². The highest BCUT2D eigenvalue weighted by molar-refractivity contribution is 5.41. The van der Waals surface area contributed by atoms with Crippen molar-refractivity contribution >= 4 is 0 Å². The molecular formula is C14H12O2. The smallest absolute Gasteiger partial charge is 0.162 e. The molecule has 0 aliphatic carbocycles. The van der Waals surface area contributed by atoms with Gasteiger partial charge in [0.15, 0.2) is 17.6 Å². The van der Waals surface area contributed by atoms with Gasteiger partial charge >= 0.3 is 0 Å². The Hall–Kier alpha value is -1.96. The second kappa shape index (κ2) is 3.89. The quantitative estimate of drug-likeness (QED) is 0.722. The van der Waals surface area contributed by atoms with E-state index in [4.69, 9.17) is 9.47 Å². The maximum Gasteiger partial charge on any atom is 0.162 e. The fourth-order valence-corrected chi connectivity index (χ4v) is 1.85. The lowest BCUT2D eigenvalue weighted by molar-refractivity contribution is 0.0913. The third kappa shape index (κ3) is 1.63. The molecule has 0 fully saturated rings. The van der Waals surface area contributed by atoms with Crippen molar-refractivity contribution in [3.8, 4) is 11.5 Å². The van der Waals surface area contributed by atoms with E-state index in [-0.39, 0.29) is 6.10 Å². The lowest BCUT2D eigenvalue weighted by Crippen LogP contribution is -2.21. The van der Waals surface area contributed by atoms with Crippen molar-refractivity contribution in [1.82, 2.24) is 0 Å². The van der Waals surface area contributed by atoms with Gasteiger partial charge in [-0.1, -0.05) is 42.5 Å². The van der Waals surface area contributed by atoms with E-state index in [1.807, 2.05) is 42.5 Å². The Kier molecular flexibility index (Phi) is 2.26. The Morgan fingerprint density at radius 3 is 2.31 bits per heavy atom. The van der Waals surface area contributed by atoms with Gasteiger partial charge in [0.25, 0.3) is 0 Å². The summed E-state index contributed by atoms with van der Waals surface area (Å²) in [6, 6.07) is 17.9. The molecule has 0 aromatic heterocycles. The van der Waals surface area contributed by atoms with Crippen LogP contribution in [-0.2, 0) is 0 Å². The van der Waals surface area contributed by atoms with Crippen LogP contribution in [0.4, 0.5) is 0 Å². The van der Waals surface area contributed by atoms with Crippen molar-refractivity contribution < 1.29 is 9.47 Å². The molecule has 0 unspecified atom stereocenters. The predicted octanol–water partition coefficient (Wildman–Crippen LogP) is 3.20. The first-order valence-corrected chi connectivity index (χ1v) is 5.37. The number of rotatable bonds is 1. The van der Waals surface area contributed by atoms with Crippen molar-refractivity contribution in [2.75, 3.05) is 6.61 Å². The van der Waals surface area contributed by atoms with Crippen LogP contribution in [0.25, 0.3) is 0 Å². The minimum Gasteiger partial charge on any atom is -0.485 e. The summed E-state index contributed by atoms with van der Waals surface area (Å²) in [5.74, 6) is 1.65. The van der Waals surface area contributed by atoms with Gasteiger partial charge in [0.05, 0.1) is 0 Å². The van der Waals surface area contributed by atoms with Crippen LogP contribution >= 0.6 is 0 Å². The Labute approximate surface area is 94.4 Å². The fraction of sp³-hybridized carbons (Fsp3) is 0.143. The number of fused-ring (bicyclic) bond motifs is 1. The first-order valence-electron chi connectivity index (χ1n) is 5.37. The van der Waals surface area contributed by atoms with Gasteiger partial charge < -0.3 is 9.47 Å². The topological polar surface area (TPSA) is 18.5 Å². The summed E-state index contributed by atoms with van der Waals surface area (Å²) in [4.78, 5) is 0. The molecule has 0 spiro atoms. The summed E-state index contributed by atoms with van der Waals surface area (Å²) in [6.07, 6.45) is -0.00361. The molecule has 16 heavy (non-hydrogen) atoms. The minimum atomic E-state index is -0.00361. The van der Waals surface area contributed by atoms with E-state index in [0.29, 0.717) is 6.61 Å². The molecule has 0 radical (unpaired) electrons. The average Bonchev–Trinajstić information content (AvgIpc) is 2.39. The Bertz CT molecular complexity index is 479. The van der Waals surface area contributed by atoms with Crippen molar-refractivity contribution in [3.63, 3.8) is 0 Å². The summed E-state index contributed by atoms with van der Waals surface area (Å²) >= 11 is 0. The average molecular weight is 212 g/mol. The number of ether oxygens (including phenoxy) is 2. The van der Waals surface area contributed by atoms with E-state index in [9.17, 15) is 0 Å². The first-order chi connectivity index (χ1) is 7.93. The Morgan fingerprint density at radius 1 is 0.812 bits per heavy atom. The molecule has 3 rings (SSSR count). The number of hydrogen-bond donors (Lipinski definition) is 0. The molecule has 2 aromatic carbocycles. The van der Waals surface area contributed by atoms with Gasteiger partial charge in [0, 0.05) is 0 Å². The Morgan fingerprint density at radius 2 is 1.50 bits per heavy atom. The third-order valence-electron chi connectivity index (χ3n) is 2.68. The van der Waals surface area contributed by atoms with Crippen molar-refractivity contribution in [1.29, 1.82) is 0 Å². The minimum absolute atomic E-state index is 0.00361. The fourth-order valence-electron chi connectivity index (χ4n) is 1.85. The summed E-state index contributed by atoms with van der Waals surface area (Å²) in [5, 5.41) is 0. The maximum atomic E-state index is 5.89. The molecule has 2 heteroatoms. The monoisotopic (exact) mass is 212 g/mol. The Balaban J connectivity index is 1.89. The molecular weight excluding hydrogens is 200 g/mol. The van der Waals surface area contributed by atoms with Gasteiger partial charge in [-0.25, -0.2) is 0 Å². The van der Waals surface area contributed by atoms with E-state index in [1.165, 1.54) is 0 Å². The van der Waals surface area contributed by atoms with Crippen LogP contribution in [0.2, 0.25) is 0 Å². The summed E-state index contributed by atoms with van der Waals surface area (Å²) < 4.78 is 11.6. The zero-order valence-electron chi connectivity index (χ0n) is 8.80. The molecule has 0 N–H and O–H groups in total. The highest BCUT2D eigenvalue weighted by Crippen LogP contribution is 2.35. The zero-order chi connectivity index (χ0) is 10.8. The van der Waals surface area contributed by atoms with Gasteiger partial charge in [-0.3, -0.25) is 0 Å². The van der Waals surface area contributed by atoms with Crippen LogP contribution in [0.5, 0.6) is 11.5 Å². The van der Waals surface area contributed by atoms with Gasteiger partial charge in [-0.05, 0) is 17.7 Å². The molecule has 0 saturated heterocycles. The van der Waals surface area contributed by atoms with E-state index >= 15 is 0 Å². The lowest BCUT2D eigenvalue weighted by atomic mass is 10.1. The predicted molar refractivity (Wildman–Crippen MR) is 61.7 cm³/mol. The molecule has 0 bridgehead atoms. The summed E-state index contributed by atoms with van der Waals surface area (Å²) in [6.45, 7) is 0.570. The molecule has 1 atom stereocenters. The normalized spacial score (nSPS) is 18.1. The van der Waals surface area contributed by atoms with Crippen LogP contribution in [0.1, 0.15) is 11.7 Å². The van der Waals surface area contributed by atoms with Gasteiger partial charge in [0.2, 0.25) is 0 Å². The lowest BCUT2D eigenvalue weighted by Gasteiger charge is -2.26. The van der Waals surface area contributed by atoms with Crippen molar-refractivity contribution in [3.05, 3.63) is 60.2 Å². The van der Waals surface area contributed by atoms with E-state index in [0.717, 1.165) is 17.1 Å². The van der Waals surface area contributed by atoms with Gasteiger partial charge in [-0.15, -0.1) is 0 Å². The highest BCUT2D eigenvalue weighted by Gasteiger charge is 2.21. The summed E-state index contributed by atoms with van der Waals surface area (Å²) in [7, 11) is 0. The second-order valence-electron chi connectivity index (χ2n) is 3.77. The molecule has 0 amide bonds. The number of benzene rings is 2. The number of para-hydroxylation sites is 2. The van der Waals surface area contributed by atoms with Crippen LogP contribution in [0, 0.1) is 0 Å². The molecule has 1 heterocycles. The first kappa shape index (κ1) is 9.28. The summed E-state index contributed by atoms with van der Waals surface area (Å²) in [5.41, 5.74) is 1.15. The molecule has 2 nitrogen and oxygen atoms in total. The second-order valence-corrected chi connectivity index (χ2v) is 3.77. The van der Waals surface area contributed by atoms with E-state index in [2.05, 4.69) is 12.1 Å². The molecule has 1 aliphatic rings. The third-order valence-corrected chi connectivity index (χ3v) is 2.68. The van der Waals surface area contributed by atoms with Crippen LogP contribution < -0.4 is 9.47 Å². The maximum absolute atomic E-state index is 5.89. The van der Waals surface area contributed by atoms with E-state index in [1.54, 1.807) is 0 Å². The molecule has 0 saturated carbocycles. The number of hydrogen-bond acceptors (Lipinski definition) is 2. The molecule has 2 aromatic rings. The molecule has 1 aliphatic heterocycles.